The van der Waals surface area contributed by atoms with E-state index in [4.69, 9.17) is 15.2 Å². The van der Waals surface area contributed by atoms with Crippen LogP contribution in [0.5, 0.6) is 11.6 Å². The molecule has 1 aromatic carbocycles. The van der Waals surface area contributed by atoms with Crippen molar-refractivity contribution in [1.82, 2.24) is 4.98 Å². The second-order valence-corrected chi connectivity index (χ2v) is 5.23. The van der Waals surface area contributed by atoms with E-state index in [9.17, 15) is 0 Å². The van der Waals surface area contributed by atoms with Gasteiger partial charge in [0.2, 0.25) is 5.88 Å². The molecule has 0 unspecified atom stereocenters. The number of ether oxygens (including phenoxy) is 2. The molecule has 0 bridgehead atoms. The summed E-state index contributed by atoms with van der Waals surface area (Å²) in [6, 6.07) is 11.2. The van der Waals surface area contributed by atoms with Gasteiger partial charge in [0.1, 0.15) is 5.75 Å². The molecule has 6 nitrogen and oxygen atoms in total. The van der Waals surface area contributed by atoms with Gasteiger partial charge in [-0.15, -0.1) is 24.0 Å². The van der Waals surface area contributed by atoms with Crippen LogP contribution in [0.1, 0.15) is 19.4 Å². The SMILES string of the molecule is COc1ccc(NC(N)=NCc2ccc(OC(C)C)nc2)cc1.I. The van der Waals surface area contributed by atoms with Crippen molar-refractivity contribution in [3.05, 3.63) is 48.2 Å². The Kier molecular flexibility index (Phi) is 8.31. The van der Waals surface area contributed by atoms with Crippen molar-refractivity contribution in [1.29, 1.82) is 0 Å². The lowest BCUT2D eigenvalue weighted by Gasteiger charge is -2.09. The minimum absolute atomic E-state index is 0. The maximum absolute atomic E-state index is 5.88. The number of guanidine groups is 1. The quantitative estimate of drug-likeness (QED) is 0.407. The number of nitrogens with one attached hydrogen (secondary N) is 1. The third-order valence-electron chi connectivity index (χ3n) is 2.95. The number of methoxy groups -OCH3 is 1. The van der Waals surface area contributed by atoms with Gasteiger partial charge in [-0.3, -0.25) is 0 Å². The van der Waals surface area contributed by atoms with Crippen molar-refractivity contribution in [2.24, 2.45) is 10.7 Å². The van der Waals surface area contributed by atoms with Gasteiger partial charge in [-0.05, 0) is 43.7 Å². The van der Waals surface area contributed by atoms with Crippen molar-refractivity contribution >= 4 is 35.6 Å². The number of aliphatic imine (C=N–C) groups is 1. The first-order valence-electron chi connectivity index (χ1n) is 7.39. The fraction of sp³-hybridized carbons (Fsp3) is 0.294. The number of aromatic nitrogens is 1. The van der Waals surface area contributed by atoms with Crippen LogP contribution in [0, 0.1) is 0 Å². The number of nitrogens with zero attached hydrogens (tertiary/aromatic N) is 2. The van der Waals surface area contributed by atoms with E-state index in [1.165, 1.54) is 0 Å². The maximum Gasteiger partial charge on any atom is 0.213 e. The molecule has 0 aliphatic rings. The van der Waals surface area contributed by atoms with Gasteiger partial charge in [0.15, 0.2) is 5.96 Å². The Balaban J connectivity index is 0.00000288. The van der Waals surface area contributed by atoms with E-state index >= 15 is 0 Å². The molecule has 2 aromatic rings. The topological polar surface area (TPSA) is 81.8 Å². The third-order valence-corrected chi connectivity index (χ3v) is 2.95. The Bertz CT molecular complexity index is 643. The van der Waals surface area contributed by atoms with Crippen molar-refractivity contribution in [2.45, 2.75) is 26.5 Å². The Morgan fingerprint density at radius 2 is 1.92 bits per heavy atom. The predicted molar refractivity (Wildman–Crippen MR) is 107 cm³/mol. The van der Waals surface area contributed by atoms with Crippen molar-refractivity contribution in [3.63, 3.8) is 0 Å². The zero-order valence-electron chi connectivity index (χ0n) is 14.0. The molecule has 2 rings (SSSR count). The van der Waals surface area contributed by atoms with Crippen LogP contribution >= 0.6 is 24.0 Å². The summed E-state index contributed by atoms with van der Waals surface area (Å²) < 4.78 is 10.6. The van der Waals surface area contributed by atoms with Crippen LogP contribution in [-0.2, 0) is 6.54 Å². The second kappa shape index (κ2) is 9.96. The lowest BCUT2D eigenvalue weighted by Crippen LogP contribution is -2.22. The van der Waals surface area contributed by atoms with E-state index in [-0.39, 0.29) is 30.1 Å². The first-order chi connectivity index (χ1) is 11.1. The van der Waals surface area contributed by atoms with Gasteiger partial charge in [0.25, 0.3) is 0 Å². The fourth-order valence-electron chi connectivity index (χ4n) is 1.85. The summed E-state index contributed by atoms with van der Waals surface area (Å²) in [5.41, 5.74) is 7.69. The number of nitrogens with two attached hydrogens (primary N) is 1. The van der Waals surface area contributed by atoms with E-state index in [0.717, 1.165) is 17.0 Å². The van der Waals surface area contributed by atoms with Gasteiger partial charge in [0, 0.05) is 18.0 Å². The Hall–Kier alpha value is -2.03. The molecule has 0 aliphatic heterocycles. The smallest absolute Gasteiger partial charge is 0.213 e. The van der Waals surface area contributed by atoms with Gasteiger partial charge < -0.3 is 20.5 Å². The standard InChI is InChI=1S/C17H22N4O2.HI/c1-12(2)23-16-9-4-13(10-19-16)11-20-17(18)21-14-5-7-15(22-3)8-6-14;/h4-10,12H,11H2,1-3H3,(H3,18,20,21);1H. The average molecular weight is 442 g/mol. The lowest BCUT2D eigenvalue weighted by molar-refractivity contribution is 0.232. The van der Waals surface area contributed by atoms with E-state index < -0.39 is 0 Å². The Labute approximate surface area is 159 Å². The van der Waals surface area contributed by atoms with Gasteiger partial charge >= 0.3 is 0 Å². The van der Waals surface area contributed by atoms with E-state index in [1.807, 2.05) is 50.2 Å². The molecular formula is C17H23IN4O2. The summed E-state index contributed by atoms with van der Waals surface area (Å²) in [4.78, 5) is 8.53. The second-order valence-electron chi connectivity index (χ2n) is 5.23. The first-order valence-corrected chi connectivity index (χ1v) is 7.39. The highest BCUT2D eigenvalue weighted by Crippen LogP contribution is 2.15. The molecule has 0 radical (unpaired) electrons. The molecule has 0 amide bonds. The largest absolute Gasteiger partial charge is 0.497 e. The number of pyridine rings is 1. The molecule has 24 heavy (non-hydrogen) atoms. The average Bonchev–Trinajstić information content (AvgIpc) is 2.54. The Morgan fingerprint density at radius 3 is 2.46 bits per heavy atom. The summed E-state index contributed by atoms with van der Waals surface area (Å²) >= 11 is 0. The molecule has 0 saturated heterocycles. The van der Waals surface area contributed by atoms with Crippen LogP contribution in [0.3, 0.4) is 0 Å². The summed E-state index contributed by atoms with van der Waals surface area (Å²) in [7, 11) is 1.63. The molecule has 0 fully saturated rings. The van der Waals surface area contributed by atoms with Crippen molar-refractivity contribution in [3.8, 4) is 11.6 Å². The van der Waals surface area contributed by atoms with E-state index in [1.54, 1.807) is 13.3 Å². The van der Waals surface area contributed by atoms with Crippen molar-refractivity contribution in [2.75, 3.05) is 12.4 Å². The van der Waals surface area contributed by atoms with Crippen LogP contribution in [0.2, 0.25) is 0 Å². The van der Waals surface area contributed by atoms with Crippen molar-refractivity contribution < 1.29 is 9.47 Å². The molecule has 0 atom stereocenters. The van der Waals surface area contributed by atoms with Crippen LogP contribution in [0.25, 0.3) is 0 Å². The predicted octanol–water partition coefficient (Wildman–Crippen LogP) is 3.42. The van der Waals surface area contributed by atoms with Gasteiger partial charge in [-0.2, -0.15) is 0 Å². The summed E-state index contributed by atoms with van der Waals surface area (Å²) in [6.45, 7) is 4.38. The number of hydrogen-bond donors (Lipinski definition) is 2. The lowest BCUT2D eigenvalue weighted by atomic mass is 10.3. The Morgan fingerprint density at radius 1 is 1.21 bits per heavy atom. The van der Waals surface area contributed by atoms with Crippen LogP contribution in [-0.4, -0.2) is 24.2 Å². The molecule has 130 valence electrons. The number of hydrogen-bond acceptors (Lipinski definition) is 4. The number of halogens is 1. The minimum atomic E-state index is 0. The molecule has 3 N–H and O–H groups in total. The summed E-state index contributed by atoms with van der Waals surface area (Å²) in [5, 5.41) is 3.03. The number of benzene rings is 1. The highest BCUT2D eigenvalue weighted by atomic mass is 127. The molecule has 7 heteroatoms. The van der Waals surface area contributed by atoms with Crippen LogP contribution in [0.4, 0.5) is 5.69 Å². The number of rotatable bonds is 6. The minimum Gasteiger partial charge on any atom is -0.497 e. The molecular weight excluding hydrogens is 419 g/mol. The zero-order valence-corrected chi connectivity index (χ0v) is 16.4. The molecule has 0 spiro atoms. The highest BCUT2D eigenvalue weighted by molar-refractivity contribution is 14.0. The molecule has 0 saturated carbocycles. The molecule has 1 aromatic heterocycles. The van der Waals surface area contributed by atoms with Crippen LogP contribution in [0.15, 0.2) is 47.6 Å². The monoisotopic (exact) mass is 442 g/mol. The maximum atomic E-state index is 5.88. The van der Waals surface area contributed by atoms with Gasteiger partial charge in [-0.25, -0.2) is 9.98 Å². The molecule has 0 aliphatic carbocycles. The van der Waals surface area contributed by atoms with E-state index in [2.05, 4.69) is 15.3 Å². The number of anilines is 1. The third kappa shape index (κ3) is 6.61. The highest BCUT2D eigenvalue weighted by Gasteiger charge is 2.00. The normalized spacial score (nSPS) is 10.9. The zero-order chi connectivity index (χ0) is 16.7. The summed E-state index contributed by atoms with van der Waals surface area (Å²) in [5.74, 6) is 1.75. The fourth-order valence-corrected chi connectivity index (χ4v) is 1.85. The van der Waals surface area contributed by atoms with Gasteiger partial charge in [0.05, 0.1) is 19.8 Å². The summed E-state index contributed by atoms with van der Waals surface area (Å²) in [6.07, 6.45) is 1.85. The van der Waals surface area contributed by atoms with Gasteiger partial charge in [-0.1, -0.05) is 6.07 Å². The first kappa shape index (κ1) is 20.0. The van der Waals surface area contributed by atoms with E-state index in [0.29, 0.717) is 18.4 Å². The van der Waals surface area contributed by atoms with Crippen LogP contribution < -0.4 is 20.5 Å². The molecule has 1 heterocycles.